The van der Waals surface area contributed by atoms with Gasteiger partial charge in [0, 0.05) is 23.5 Å². The topological polar surface area (TPSA) is 122 Å². The monoisotopic (exact) mass is 352 g/mol. The lowest BCUT2D eigenvalue weighted by Gasteiger charge is -2.13. The highest BCUT2D eigenvalue weighted by molar-refractivity contribution is 5.97. The number of anilines is 1. The van der Waals surface area contributed by atoms with Crippen LogP contribution in [0.2, 0.25) is 0 Å². The van der Waals surface area contributed by atoms with Crippen LogP contribution in [0.25, 0.3) is 11.4 Å². The molecule has 0 spiro atoms. The first-order valence-electron chi connectivity index (χ1n) is 7.79. The third-order valence-corrected chi connectivity index (χ3v) is 3.43. The number of carbonyl (C=O) groups excluding carboxylic acids is 2. The number of aromatic nitrogens is 3. The normalized spacial score (nSPS) is 11.4. The molecule has 1 aromatic carbocycles. The minimum atomic E-state index is -0.766. The molecule has 1 atom stereocenters. The van der Waals surface area contributed by atoms with Crippen molar-refractivity contribution in [3.8, 4) is 11.4 Å². The van der Waals surface area contributed by atoms with Crippen LogP contribution in [-0.4, -0.2) is 33.0 Å². The molecular formula is C17H16N6O3. The number of amides is 2. The zero-order valence-corrected chi connectivity index (χ0v) is 13.8. The molecule has 26 heavy (non-hydrogen) atoms. The minimum Gasteiger partial charge on any atom is -0.340 e. The predicted molar refractivity (Wildman–Crippen MR) is 92.7 cm³/mol. The highest BCUT2D eigenvalue weighted by Gasteiger charge is 2.17. The molecule has 0 aliphatic heterocycles. The summed E-state index contributed by atoms with van der Waals surface area (Å²) in [5.41, 5.74) is 6.13. The number of rotatable bonds is 6. The van der Waals surface area contributed by atoms with Gasteiger partial charge in [-0.3, -0.25) is 20.0 Å². The number of pyridine rings is 1. The SMILES string of the molecule is CC(NC(=O)c1ccccc1)C(=O)NNc1nc(-c2ccncc2)no1. The average Bonchev–Trinajstić information content (AvgIpc) is 3.16. The highest BCUT2D eigenvalue weighted by Crippen LogP contribution is 2.15. The summed E-state index contributed by atoms with van der Waals surface area (Å²) in [5, 5.41) is 6.40. The van der Waals surface area contributed by atoms with Crippen LogP contribution in [0, 0.1) is 0 Å². The van der Waals surface area contributed by atoms with E-state index in [4.69, 9.17) is 4.52 Å². The Morgan fingerprint density at radius 2 is 1.81 bits per heavy atom. The molecule has 1 unspecified atom stereocenters. The molecule has 3 N–H and O–H groups in total. The Morgan fingerprint density at radius 3 is 2.54 bits per heavy atom. The van der Waals surface area contributed by atoms with Crippen LogP contribution in [0.5, 0.6) is 0 Å². The maximum absolute atomic E-state index is 12.1. The molecule has 132 valence electrons. The van der Waals surface area contributed by atoms with Crippen molar-refractivity contribution in [1.29, 1.82) is 0 Å². The number of nitrogens with zero attached hydrogens (tertiary/aromatic N) is 3. The summed E-state index contributed by atoms with van der Waals surface area (Å²) < 4.78 is 5.00. The molecule has 0 saturated carbocycles. The van der Waals surface area contributed by atoms with Crippen molar-refractivity contribution < 1.29 is 14.1 Å². The Kier molecular flexibility index (Phi) is 5.18. The summed E-state index contributed by atoms with van der Waals surface area (Å²) in [6, 6.07) is 11.3. The zero-order valence-electron chi connectivity index (χ0n) is 13.8. The molecule has 0 aliphatic carbocycles. The van der Waals surface area contributed by atoms with Gasteiger partial charge >= 0.3 is 6.01 Å². The van der Waals surface area contributed by atoms with E-state index in [-0.39, 0.29) is 11.9 Å². The molecule has 2 aromatic heterocycles. The molecular weight excluding hydrogens is 336 g/mol. The fourth-order valence-corrected chi connectivity index (χ4v) is 2.05. The van der Waals surface area contributed by atoms with E-state index in [1.807, 2.05) is 0 Å². The molecule has 0 aliphatic rings. The maximum Gasteiger partial charge on any atom is 0.340 e. The van der Waals surface area contributed by atoms with Gasteiger partial charge in [0.05, 0.1) is 0 Å². The molecule has 2 heterocycles. The summed E-state index contributed by atoms with van der Waals surface area (Å²) >= 11 is 0. The second kappa shape index (κ2) is 7.88. The van der Waals surface area contributed by atoms with Crippen molar-refractivity contribution >= 4 is 17.8 Å². The molecule has 3 rings (SSSR count). The van der Waals surface area contributed by atoms with E-state index in [0.29, 0.717) is 11.4 Å². The smallest absolute Gasteiger partial charge is 0.340 e. The van der Waals surface area contributed by atoms with Crippen LogP contribution >= 0.6 is 0 Å². The molecule has 0 saturated heterocycles. The Bertz CT molecular complexity index is 882. The van der Waals surface area contributed by atoms with E-state index in [9.17, 15) is 9.59 Å². The van der Waals surface area contributed by atoms with Crippen molar-refractivity contribution in [3.05, 3.63) is 60.4 Å². The van der Waals surface area contributed by atoms with Gasteiger partial charge in [0.2, 0.25) is 5.82 Å². The Labute approximate surface area is 148 Å². The first-order valence-corrected chi connectivity index (χ1v) is 7.79. The molecule has 0 fully saturated rings. The van der Waals surface area contributed by atoms with Crippen LogP contribution in [-0.2, 0) is 4.79 Å². The van der Waals surface area contributed by atoms with E-state index in [2.05, 4.69) is 31.3 Å². The molecule has 9 nitrogen and oxygen atoms in total. The van der Waals surface area contributed by atoms with E-state index in [1.54, 1.807) is 61.8 Å². The van der Waals surface area contributed by atoms with Crippen LogP contribution < -0.4 is 16.2 Å². The molecule has 3 aromatic rings. The summed E-state index contributed by atoms with van der Waals surface area (Å²) in [6.07, 6.45) is 3.22. The second-order valence-electron chi connectivity index (χ2n) is 5.33. The summed E-state index contributed by atoms with van der Waals surface area (Å²) in [7, 11) is 0. The van der Waals surface area contributed by atoms with E-state index in [1.165, 1.54) is 0 Å². The number of benzene rings is 1. The van der Waals surface area contributed by atoms with Gasteiger partial charge in [-0.2, -0.15) is 4.98 Å². The summed E-state index contributed by atoms with van der Waals surface area (Å²) in [5.74, 6) is -0.446. The van der Waals surface area contributed by atoms with Gasteiger partial charge in [0.25, 0.3) is 11.8 Å². The lowest BCUT2D eigenvalue weighted by atomic mass is 10.2. The zero-order chi connectivity index (χ0) is 18.4. The molecule has 9 heteroatoms. The third kappa shape index (κ3) is 4.20. The van der Waals surface area contributed by atoms with E-state index in [0.717, 1.165) is 5.56 Å². The number of hydrogen-bond donors (Lipinski definition) is 3. The lowest BCUT2D eigenvalue weighted by molar-refractivity contribution is -0.122. The van der Waals surface area contributed by atoms with Crippen LogP contribution in [0.15, 0.2) is 59.4 Å². The standard InChI is InChI=1S/C17H16N6O3/c1-11(19-16(25)13-5-3-2-4-6-13)15(24)21-22-17-20-14(23-26-17)12-7-9-18-10-8-12/h2-11H,1H3,(H,19,25)(H,21,24)(H,20,22,23). The van der Waals surface area contributed by atoms with Gasteiger partial charge in [0.15, 0.2) is 0 Å². The van der Waals surface area contributed by atoms with Gasteiger partial charge < -0.3 is 9.84 Å². The van der Waals surface area contributed by atoms with Gasteiger partial charge in [-0.15, -0.1) is 0 Å². The predicted octanol–water partition coefficient (Wildman–Crippen LogP) is 1.39. The van der Waals surface area contributed by atoms with Crippen molar-refractivity contribution in [2.24, 2.45) is 0 Å². The van der Waals surface area contributed by atoms with Crippen molar-refractivity contribution in [2.45, 2.75) is 13.0 Å². The second-order valence-corrected chi connectivity index (χ2v) is 5.33. The van der Waals surface area contributed by atoms with Gasteiger partial charge in [-0.25, -0.2) is 5.43 Å². The fraction of sp³-hybridized carbons (Fsp3) is 0.118. The van der Waals surface area contributed by atoms with Crippen molar-refractivity contribution in [1.82, 2.24) is 25.9 Å². The lowest BCUT2D eigenvalue weighted by Crippen LogP contribution is -2.46. The number of nitrogens with one attached hydrogen (secondary N) is 3. The maximum atomic E-state index is 12.1. The van der Waals surface area contributed by atoms with Gasteiger partial charge in [-0.1, -0.05) is 23.4 Å². The highest BCUT2D eigenvalue weighted by atomic mass is 16.5. The fourth-order valence-electron chi connectivity index (χ4n) is 2.05. The number of hydrazine groups is 1. The minimum absolute atomic E-state index is 0.0201. The number of carbonyl (C=O) groups is 2. The van der Waals surface area contributed by atoms with Gasteiger partial charge in [-0.05, 0) is 31.2 Å². The van der Waals surface area contributed by atoms with Gasteiger partial charge in [0.1, 0.15) is 6.04 Å². The summed E-state index contributed by atoms with van der Waals surface area (Å²) in [4.78, 5) is 32.1. The molecule has 0 radical (unpaired) electrons. The Morgan fingerprint density at radius 1 is 1.08 bits per heavy atom. The quantitative estimate of drug-likeness (QED) is 0.573. The van der Waals surface area contributed by atoms with Crippen LogP contribution in [0.4, 0.5) is 6.01 Å². The largest absolute Gasteiger partial charge is 0.340 e. The van der Waals surface area contributed by atoms with Crippen LogP contribution in [0.3, 0.4) is 0 Å². The molecule has 2 amide bonds. The first-order chi connectivity index (χ1) is 12.6. The van der Waals surface area contributed by atoms with Crippen molar-refractivity contribution in [3.63, 3.8) is 0 Å². The first kappa shape index (κ1) is 17.1. The third-order valence-electron chi connectivity index (χ3n) is 3.43. The van der Waals surface area contributed by atoms with E-state index < -0.39 is 11.9 Å². The Balaban J connectivity index is 1.52. The number of hydrogen-bond acceptors (Lipinski definition) is 7. The average molecular weight is 352 g/mol. The molecule has 0 bridgehead atoms. The Hall–Kier alpha value is -3.75. The van der Waals surface area contributed by atoms with E-state index >= 15 is 0 Å². The summed E-state index contributed by atoms with van der Waals surface area (Å²) in [6.45, 7) is 1.56. The van der Waals surface area contributed by atoms with Crippen LogP contribution in [0.1, 0.15) is 17.3 Å². The van der Waals surface area contributed by atoms with Crippen molar-refractivity contribution in [2.75, 3.05) is 5.43 Å².